The van der Waals surface area contributed by atoms with Crippen molar-refractivity contribution >= 4 is 11.6 Å². The Morgan fingerprint density at radius 3 is 2.61 bits per heavy atom. The highest BCUT2D eigenvalue weighted by atomic mass is 35.5. The van der Waals surface area contributed by atoms with Gasteiger partial charge in [0.2, 0.25) is 0 Å². The van der Waals surface area contributed by atoms with Gasteiger partial charge in [0.05, 0.1) is 0 Å². The van der Waals surface area contributed by atoms with Crippen molar-refractivity contribution < 1.29 is 0 Å². The molecule has 2 heteroatoms. The number of hydrogen-bond donors (Lipinski definition) is 1. The van der Waals surface area contributed by atoms with Gasteiger partial charge in [-0.05, 0) is 59.4 Å². The summed E-state index contributed by atoms with van der Waals surface area (Å²) in [5.41, 5.74) is 13.9. The summed E-state index contributed by atoms with van der Waals surface area (Å²) in [4.78, 5) is 0. The number of rotatable bonds is 1. The van der Waals surface area contributed by atoms with Crippen LogP contribution in [0.3, 0.4) is 0 Å². The van der Waals surface area contributed by atoms with Crippen LogP contribution in [0.15, 0.2) is 30.3 Å². The molecule has 0 amide bonds. The third-order valence-electron chi connectivity index (χ3n) is 4.04. The van der Waals surface area contributed by atoms with Gasteiger partial charge in [0, 0.05) is 17.5 Å². The molecule has 92 valence electrons. The zero-order valence-corrected chi connectivity index (χ0v) is 11.4. The van der Waals surface area contributed by atoms with Gasteiger partial charge in [0.1, 0.15) is 0 Å². The summed E-state index contributed by atoms with van der Waals surface area (Å²) in [6, 6.07) is 10.5. The number of aryl methyl sites for hydroxylation is 1. The standard InChI is InChI=1S/C16H16ClN/c1-9-3-5-13-15(8-18)14-7-11(17)4-6-12(14)16(13)10(9)2/h3-7,15H,8,18H2,1-2H3. The molecule has 2 aromatic rings. The van der Waals surface area contributed by atoms with Crippen LogP contribution in [0.25, 0.3) is 11.1 Å². The second kappa shape index (κ2) is 4.11. The second-order valence-electron chi connectivity index (χ2n) is 4.99. The highest BCUT2D eigenvalue weighted by molar-refractivity contribution is 6.30. The summed E-state index contributed by atoms with van der Waals surface area (Å²) in [6.45, 7) is 4.97. The van der Waals surface area contributed by atoms with Gasteiger partial charge in [-0.15, -0.1) is 0 Å². The minimum Gasteiger partial charge on any atom is -0.330 e. The Hall–Kier alpha value is -1.31. The largest absolute Gasteiger partial charge is 0.330 e. The SMILES string of the molecule is Cc1ccc2c(c1C)-c1ccc(Cl)cc1C2CN. The highest BCUT2D eigenvalue weighted by Gasteiger charge is 2.29. The minimum atomic E-state index is 0.285. The van der Waals surface area contributed by atoms with Gasteiger partial charge < -0.3 is 5.73 Å². The molecule has 0 fully saturated rings. The molecule has 1 aliphatic rings. The van der Waals surface area contributed by atoms with E-state index in [0.717, 1.165) is 5.02 Å². The van der Waals surface area contributed by atoms with Gasteiger partial charge in [-0.3, -0.25) is 0 Å². The molecule has 18 heavy (non-hydrogen) atoms. The Bertz CT molecular complexity index is 631. The maximum absolute atomic E-state index is 6.12. The number of fused-ring (bicyclic) bond motifs is 3. The fraction of sp³-hybridized carbons (Fsp3) is 0.250. The summed E-state index contributed by atoms with van der Waals surface area (Å²) in [7, 11) is 0. The maximum Gasteiger partial charge on any atom is 0.0409 e. The van der Waals surface area contributed by atoms with Crippen molar-refractivity contribution in [3.8, 4) is 11.1 Å². The molecule has 0 spiro atoms. The summed E-state index contributed by atoms with van der Waals surface area (Å²) in [6.07, 6.45) is 0. The molecular formula is C16H16ClN. The van der Waals surface area contributed by atoms with E-state index in [1.807, 2.05) is 6.07 Å². The first kappa shape index (κ1) is 11.8. The molecule has 0 aliphatic heterocycles. The third kappa shape index (κ3) is 1.51. The molecule has 0 saturated carbocycles. The molecule has 1 atom stereocenters. The normalized spacial score (nSPS) is 16.6. The number of benzene rings is 2. The first-order valence-electron chi connectivity index (χ1n) is 6.23. The molecule has 3 rings (SSSR count). The van der Waals surface area contributed by atoms with Crippen LogP contribution in [-0.4, -0.2) is 6.54 Å². The van der Waals surface area contributed by atoms with Crippen molar-refractivity contribution in [3.05, 3.63) is 57.6 Å². The fourth-order valence-electron chi connectivity index (χ4n) is 2.96. The molecule has 0 bridgehead atoms. The summed E-state index contributed by atoms with van der Waals surface area (Å²) in [5.74, 6) is 0.285. The molecule has 0 radical (unpaired) electrons. The van der Waals surface area contributed by atoms with Crippen molar-refractivity contribution in [2.45, 2.75) is 19.8 Å². The molecule has 1 aliphatic carbocycles. The Balaban J connectivity index is 2.35. The van der Waals surface area contributed by atoms with E-state index >= 15 is 0 Å². The average Bonchev–Trinajstić information content (AvgIpc) is 2.67. The van der Waals surface area contributed by atoms with E-state index in [1.54, 1.807) is 0 Å². The topological polar surface area (TPSA) is 26.0 Å². The number of halogens is 1. The van der Waals surface area contributed by atoms with E-state index in [0.29, 0.717) is 6.54 Å². The van der Waals surface area contributed by atoms with Crippen LogP contribution in [0.2, 0.25) is 5.02 Å². The zero-order chi connectivity index (χ0) is 12.9. The number of hydrogen-bond acceptors (Lipinski definition) is 1. The van der Waals surface area contributed by atoms with Crippen LogP contribution in [-0.2, 0) is 0 Å². The monoisotopic (exact) mass is 257 g/mol. The Morgan fingerprint density at radius 2 is 1.89 bits per heavy atom. The first-order valence-corrected chi connectivity index (χ1v) is 6.61. The van der Waals surface area contributed by atoms with E-state index in [4.69, 9.17) is 17.3 Å². The minimum absolute atomic E-state index is 0.285. The van der Waals surface area contributed by atoms with Gasteiger partial charge in [0.25, 0.3) is 0 Å². The Morgan fingerprint density at radius 1 is 1.11 bits per heavy atom. The third-order valence-corrected chi connectivity index (χ3v) is 4.27. The summed E-state index contributed by atoms with van der Waals surface area (Å²) < 4.78 is 0. The van der Waals surface area contributed by atoms with Crippen LogP contribution in [0.4, 0.5) is 0 Å². The molecule has 1 nitrogen and oxygen atoms in total. The van der Waals surface area contributed by atoms with Crippen LogP contribution in [0, 0.1) is 13.8 Å². The van der Waals surface area contributed by atoms with E-state index in [1.165, 1.54) is 33.4 Å². The van der Waals surface area contributed by atoms with Gasteiger partial charge in [-0.2, -0.15) is 0 Å². The van der Waals surface area contributed by atoms with Crippen LogP contribution in [0.5, 0.6) is 0 Å². The Kier molecular flexibility index (Phi) is 2.69. The summed E-state index contributed by atoms with van der Waals surface area (Å²) in [5, 5.41) is 0.786. The van der Waals surface area contributed by atoms with Crippen LogP contribution in [0.1, 0.15) is 28.2 Å². The smallest absolute Gasteiger partial charge is 0.0409 e. The highest BCUT2D eigenvalue weighted by Crippen LogP contribution is 2.47. The molecular weight excluding hydrogens is 242 g/mol. The molecule has 0 aromatic heterocycles. The predicted octanol–water partition coefficient (Wildman–Crippen LogP) is 4.03. The molecule has 0 heterocycles. The molecule has 2 N–H and O–H groups in total. The molecule has 0 saturated heterocycles. The second-order valence-corrected chi connectivity index (χ2v) is 5.43. The van der Waals surface area contributed by atoms with Gasteiger partial charge in [0.15, 0.2) is 0 Å². The molecule has 1 unspecified atom stereocenters. The average molecular weight is 258 g/mol. The lowest BCUT2D eigenvalue weighted by atomic mass is 9.94. The van der Waals surface area contributed by atoms with Gasteiger partial charge >= 0.3 is 0 Å². The fourth-order valence-corrected chi connectivity index (χ4v) is 3.14. The van der Waals surface area contributed by atoms with Gasteiger partial charge in [-0.25, -0.2) is 0 Å². The lowest BCUT2D eigenvalue weighted by molar-refractivity contribution is 0.840. The van der Waals surface area contributed by atoms with Crippen LogP contribution >= 0.6 is 11.6 Å². The van der Waals surface area contributed by atoms with E-state index in [9.17, 15) is 0 Å². The lowest BCUT2D eigenvalue weighted by Crippen LogP contribution is -2.11. The number of nitrogens with two attached hydrogens (primary N) is 1. The quantitative estimate of drug-likeness (QED) is 0.820. The zero-order valence-electron chi connectivity index (χ0n) is 10.6. The van der Waals surface area contributed by atoms with Crippen LogP contribution < -0.4 is 5.73 Å². The van der Waals surface area contributed by atoms with E-state index in [-0.39, 0.29) is 5.92 Å². The summed E-state index contributed by atoms with van der Waals surface area (Å²) >= 11 is 6.12. The lowest BCUT2D eigenvalue weighted by Gasteiger charge is -2.11. The van der Waals surface area contributed by atoms with Crippen molar-refractivity contribution in [1.82, 2.24) is 0 Å². The van der Waals surface area contributed by atoms with Crippen molar-refractivity contribution in [2.75, 3.05) is 6.54 Å². The van der Waals surface area contributed by atoms with Crippen molar-refractivity contribution in [2.24, 2.45) is 5.73 Å². The predicted molar refractivity (Wildman–Crippen MR) is 77.3 cm³/mol. The van der Waals surface area contributed by atoms with Crippen molar-refractivity contribution in [1.29, 1.82) is 0 Å². The van der Waals surface area contributed by atoms with E-state index < -0.39 is 0 Å². The van der Waals surface area contributed by atoms with E-state index in [2.05, 4.69) is 38.1 Å². The van der Waals surface area contributed by atoms with Gasteiger partial charge in [-0.1, -0.05) is 29.8 Å². The Labute approximate surface area is 113 Å². The maximum atomic E-state index is 6.12. The first-order chi connectivity index (χ1) is 8.63. The van der Waals surface area contributed by atoms with Crippen molar-refractivity contribution in [3.63, 3.8) is 0 Å². The molecule has 2 aromatic carbocycles.